The highest BCUT2D eigenvalue weighted by atomic mass is 32.1. The van der Waals surface area contributed by atoms with E-state index in [2.05, 4.69) is 17.9 Å². The van der Waals surface area contributed by atoms with Crippen LogP contribution >= 0.6 is 12.8 Å². The maximum atomic E-state index is 12.6. The van der Waals surface area contributed by atoms with Crippen molar-refractivity contribution < 1.29 is 4.39 Å². The highest BCUT2D eigenvalue weighted by Crippen LogP contribution is 2.16. The third kappa shape index (κ3) is 1.72. The molecule has 0 aliphatic heterocycles. The quantitative estimate of drug-likeness (QED) is 0.690. The maximum Gasteiger partial charge on any atom is 0.123 e. The van der Waals surface area contributed by atoms with Crippen molar-refractivity contribution in [1.29, 1.82) is 0 Å². The van der Waals surface area contributed by atoms with Crippen molar-refractivity contribution in [2.24, 2.45) is 0 Å². The first-order valence-electron chi connectivity index (χ1n) is 3.76. The van der Waals surface area contributed by atoms with E-state index in [1.165, 1.54) is 16.2 Å². The van der Waals surface area contributed by atoms with E-state index in [9.17, 15) is 4.39 Å². The van der Waals surface area contributed by atoms with Gasteiger partial charge in [0.15, 0.2) is 0 Å². The molecule has 66 valence electrons. The summed E-state index contributed by atoms with van der Waals surface area (Å²) in [5.41, 5.74) is 1.67. The van der Waals surface area contributed by atoms with Crippen LogP contribution in [0.3, 0.4) is 0 Å². The summed E-state index contributed by atoms with van der Waals surface area (Å²) >= 11 is 4.01. The summed E-state index contributed by atoms with van der Waals surface area (Å²) in [6, 6.07) is 8.01. The smallest absolute Gasteiger partial charge is 0.123 e. The molecule has 0 aliphatic carbocycles. The van der Waals surface area contributed by atoms with Gasteiger partial charge in [0.2, 0.25) is 0 Å². The molecule has 0 bridgehead atoms. The molecule has 13 heavy (non-hydrogen) atoms. The molecular weight excluding hydrogens is 187 g/mol. The molecule has 0 spiro atoms. The summed E-state index contributed by atoms with van der Waals surface area (Å²) in [4.78, 5) is 0. The Morgan fingerprint density at radius 2 is 1.85 bits per heavy atom. The fourth-order valence-electron chi connectivity index (χ4n) is 1.09. The van der Waals surface area contributed by atoms with Gasteiger partial charge in [-0.2, -0.15) is 5.10 Å². The van der Waals surface area contributed by atoms with Crippen LogP contribution in [0.15, 0.2) is 36.5 Å². The zero-order chi connectivity index (χ0) is 9.26. The van der Waals surface area contributed by atoms with Gasteiger partial charge in [-0.15, -0.1) is 0 Å². The van der Waals surface area contributed by atoms with Crippen LogP contribution in [0.4, 0.5) is 4.39 Å². The van der Waals surface area contributed by atoms with Crippen LogP contribution in [0.25, 0.3) is 11.3 Å². The SMILES string of the molecule is Fc1ccc(-c2ccn(S)n2)cc1. The number of rotatable bonds is 1. The van der Waals surface area contributed by atoms with Gasteiger partial charge in [-0.3, -0.25) is 0 Å². The molecule has 0 atom stereocenters. The van der Waals surface area contributed by atoms with Gasteiger partial charge >= 0.3 is 0 Å². The predicted octanol–water partition coefficient (Wildman–Crippen LogP) is 2.38. The molecule has 0 fully saturated rings. The van der Waals surface area contributed by atoms with Crippen LogP contribution in [0.2, 0.25) is 0 Å². The van der Waals surface area contributed by atoms with E-state index in [0.717, 1.165) is 11.3 Å². The normalized spacial score (nSPS) is 10.3. The topological polar surface area (TPSA) is 17.8 Å². The van der Waals surface area contributed by atoms with E-state index < -0.39 is 0 Å². The fourth-order valence-corrected chi connectivity index (χ4v) is 1.25. The van der Waals surface area contributed by atoms with Crippen molar-refractivity contribution in [3.05, 3.63) is 42.3 Å². The molecule has 0 N–H and O–H groups in total. The molecule has 0 saturated carbocycles. The average molecular weight is 194 g/mol. The van der Waals surface area contributed by atoms with Crippen LogP contribution in [0.5, 0.6) is 0 Å². The lowest BCUT2D eigenvalue weighted by Gasteiger charge is -1.94. The second-order valence-electron chi connectivity index (χ2n) is 2.63. The van der Waals surface area contributed by atoms with Crippen molar-refractivity contribution in [1.82, 2.24) is 9.19 Å². The molecule has 4 heteroatoms. The Morgan fingerprint density at radius 1 is 1.15 bits per heavy atom. The minimum Gasteiger partial charge on any atom is -0.217 e. The summed E-state index contributed by atoms with van der Waals surface area (Å²) in [6.45, 7) is 0. The monoisotopic (exact) mass is 194 g/mol. The number of hydrogen-bond acceptors (Lipinski definition) is 2. The van der Waals surface area contributed by atoms with Gasteiger partial charge in [0.1, 0.15) is 5.82 Å². The van der Waals surface area contributed by atoms with Crippen LogP contribution in [0, 0.1) is 5.82 Å². The minimum atomic E-state index is -0.242. The molecular formula is C9H7FN2S. The van der Waals surface area contributed by atoms with Crippen molar-refractivity contribution in [2.75, 3.05) is 0 Å². The van der Waals surface area contributed by atoms with Crippen molar-refractivity contribution >= 4 is 12.8 Å². The first-order chi connectivity index (χ1) is 6.25. The van der Waals surface area contributed by atoms with E-state index in [0.29, 0.717) is 0 Å². The van der Waals surface area contributed by atoms with Crippen molar-refractivity contribution in [3.63, 3.8) is 0 Å². The van der Waals surface area contributed by atoms with E-state index in [1.54, 1.807) is 18.3 Å². The van der Waals surface area contributed by atoms with Crippen molar-refractivity contribution in [2.45, 2.75) is 0 Å². The molecule has 0 radical (unpaired) electrons. The molecule has 1 aromatic heterocycles. The molecule has 0 aliphatic rings. The molecule has 1 heterocycles. The number of thiol groups is 1. The molecule has 2 nitrogen and oxygen atoms in total. The Hall–Kier alpha value is -1.29. The Balaban J connectivity index is 2.41. The number of aromatic nitrogens is 2. The highest BCUT2D eigenvalue weighted by Gasteiger charge is 2.00. The van der Waals surface area contributed by atoms with Crippen LogP contribution in [-0.2, 0) is 0 Å². The average Bonchev–Trinajstić information content (AvgIpc) is 2.53. The molecule has 0 unspecified atom stereocenters. The lowest BCUT2D eigenvalue weighted by atomic mass is 10.1. The lowest BCUT2D eigenvalue weighted by molar-refractivity contribution is 0.628. The predicted molar refractivity (Wildman–Crippen MR) is 52.0 cm³/mol. The zero-order valence-corrected chi connectivity index (χ0v) is 7.58. The minimum absolute atomic E-state index is 0.242. The Kier molecular flexibility index (Phi) is 2.06. The van der Waals surface area contributed by atoms with Gasteiger partial charge < -0.3 is 0 Å². The van der Waals surface area contributed by atoms with Crippen LogP contribution < -0.4 is 0 Å². The summed E-state index contributed by atoms with van der Waals surface area (Å²) < 4.78 is 14.0. The summed E-state index contributed by atoms with van der Waals surface area (Å²) in [5, 5.41) is 4.07. The van der Waals surface area contributed by atoms with Gasteiger partial charge in [0, 0.05) is 11.8 Å². The molecule has 1 aromatic carbocycles. The molecule has 2 rings (SSSR count). The Morgan fingerprint density at radius 3 is 2.38 bits per heavy atom. The molecule has 2 aromatic rings. The van der Waals surface area contributed by atoms with Crippen molar-refractivity contribution in [3.8, 4) is 11.3 Å². The summed E-state index contributed by atoms with van der Waals surface area (Å²) in [7, 11) is 0. The lowest BCUT2D eigenvalue weighted by Crippen LogP contribution is -1.82. The number of hydrogen-bond donors (Lipinski definition) is 1. The zero-order valence-electron chi connectivity index (χ0n) is 6.68. The maximum absolute atomic E-state index is 12.6. The van der Waals surface area contributed by atoms with E-state index in [4.69, 9.17) is 0 Å². The van der Waals surface area contributed by atoms with E-state index in [1.807, 2.05) is 6.07 Å². The van der Waals surface area contributed by atoms with E-state index in [-0.39, 0.29) is 5.82 Å². The second kappa shape index (κ2) is 3.22. The van der Waals surface area contributed by atoms with Gasteiger partial charge in [-0.25, -0.2) is 8.48 Å². The standard InChI is InChI=1S/C9H7FN2S/c10-8-3-1-7(2-4-8)9-5-6-12(13)11-9/h1-6,13H. The van der Waals surface area contributed by atoms with Crippen LogP contribution in [0.1, 0.15) is 0 Å². The largest absolute Gasteiger partial charge is 0.217 e. The number of benzene rings is 1. The first kappa shape index (κ1) is 8.31. The first-order valence-corrected chi connectivity index (χ1v) is 4.16. The summed E-state index contributed by atoms with van der Waals surface area (Å²) in [5.74, 6) is -0.242. The van der Waals surface area contributed by atoms with Gasteiger partial charge in [-0.05, 0) is 43.1 Å². The molecule has 0 amide bonds. The van der Waals surface area contributed by atoms with Gasteiger partial charge in [0.05, 0.1) is 5.69 Å². The third-order valence-corrected chi connectivity index (χ3v) is 1.94. The number of halogens is 1. The third-order valence-electron chi connectivity index (χ3n) is 1.72. The van der Waals surface area contributed by atoms with Crippen LogP contribution in [-0.4, -0.2) is 9.19 Å². The summed E-state index contributed by atoms with van der Waals surface area (Å²) in [6.07, 6.45) is 1.72. The second-order valence-corrected chi connectivity index (χ2v) is 3.04. The fraction of sp³-hybridized carbons (Fsp3) is 0. The van der Waals surface area contributed by atoms with Gasteiger partial charge in [-0.1, -0.05) is 0 Å². The number of nitrogens with zero attached hydrogens (tertiary/aromatic N) is 2. The van der Waals surface area contributed by atoms with Gasteiger partial charge in [0.25, 0.3) is 0 Å². The van der Waals surface area contributed by atoms with E-state index >= 15 is 0 Å². The Labute approximate surface area is 80.6 Å². The Bertz CT molecular complexity index is 408. The molecule has 0 saturated heterocycles. The highest BCUT2D eigenvalue weighted by molar-refractivity contribution is 7.78.